The zero-order valence-corrected chi connectivity index (χ0v) is 13.1. The number of aromatic nitrogens is 4. The van der Waals surface area contributed by atoms with E-state index >= 15 is 0 Å². The first-order chi connectivity index (χ1) is 11.6. The van der Waals surface area contributed by atoms with Crippen LogP contribution in [0.25, 0.3) is 16.7 Å². The smallest absolute Gasteiger partial charge is 0.273 e. The molecule has 2 aromatic heterocycles. The number of fused-ring (bicyclic) bond motifs is 1. The Morgan fingerprint density at radius 3 is 2.75 bits per heavy atom. The predicted octanol–water partition coefficient (Wildman–Crippen LogP) is 1.98. The topological polar surface area (TPSA) is 81.8 Å². The number of hydrogen-bond donors (Lipinski definition) is 1. The Kier molecular flexibility index (Phi) is 4.37. The summed E-state index contributed by atoms with van der Waals surface area (Å²) in [5, 5.41) is 4.39. The standard InChI is InChI=1S/C16H16FN5O2/c1-2-3-4-14(23)20-21-10-18-15-13(16(21)24)9-19-22(15)12-7-5-11(17)6-8-12/h5-10H,2-4H2,1H3,(H,20,23). The highest BCUT2D eigenvalue weighted by Crippen LogP contribution is 2.13. The van der Waals surface area contributed by atoms with Crippen molar-refractivity contribution in [2.75, 3.05) is 5.43 Å². The molecule has 0 spiro atoms. The van der Waals surface area contributed by atoms with Crippen LogP contribution in [0.15, 0.2) is 41.6 Å². The van der Waals surface area contributed by atoms with Crippen LogP contribution in [0.3, 0.4) is 0 Å². The molecule has 1 aromatic carbocycles. The number of hydrogen-bond acceptors (Lipinski definition) is 4. The Labute approximate surface area is 136 Å². The Hall–Kier alpha value is -3.03. The minimum Gasteiger partial charge on any atom is -0.273 e. The van der Waals surface area contributed by atoms with Gasteiger partial charge >= 0.3 is 0 Å². The summed E-state index contributed by atoms with van der Waals surface area (Å²) in [6.45, 7) is 1.98. The second kappa shape index (κ2) is 6.61. The SMILES string of the molecule is CCCCC(=O)Nn1cnc2c(cnn2-c2ccc(F)cc2)c1=O. The summed E-state index contributed by atoms with van der Waals surface area (Å²) < 4.78 is 15.5. The van der Waals surface area contributed by atoms with Crippen LogP contribution in [0.1, 0.15) is 26.2 Å². The van der Waals surface area contributed by atoms with E-state index in [0.717, 1.165) is 17.5 Å². The Bertz CT molecular complexity index is 930. The number of amides is 1. The average Bonchev–Trinajstić information content (AvgIpc) is 3.01. The maximum absolute atomic E-state index is 13.0. The van der Waals surface area contributed by atoms with E-state index in [4.69, 9.17) is 0 Å². The first-order valence-electron chi connectivity index (χ1n) is 7.61. The highest BCUT2D eigenvalue weighted by atomic mass is 19.1. The van der Waals surface area contributed by atoms with Crippen LogP contribution >= 0.6 is 0 Å². The monoisotopic (exact) mass is 329 g/mol. The quantitative estimate of drug-likeness (QED) is 0.776. The fourth-order valence-electron chi connectivity index (χ4n) is 2.29. The Balaban J connectivity index is 1.95. The van der Waals surface area contributed by atoms with Crippen molar-refractivity contribution in [1.29, 1.82) is 0 Å². The van der Waals surface area contributed by atoms with E-state index in [1.54, 1.807) is 12.1 Å². The zero-order valence-electron chi connectivity index (χ0n) is 13.1. The molecule has 0 aliphatic rings. The number of carbonyl (C=O) groups is 1. The van der Waals surface area contributed by atoms with Gasteiger partial charge in [0.05, 0.1) is 11.9 Å². The highest BCUT2D eigenvalue weighted by molar-refractivity contribution is 5.84. The third-order valence-corrected chi connectivity index (χ3v) is 3.56. The van der Waals surface area contributed by atoms with E-state index in [1.165, 1.54) is 29.3 Å². The summed E-state index contributed by atoms with van der Waals surface area (Å²) in [5.41, 5.74) is 3.02. The summed E-state index contributed by atoms with van der Waals surface area (Å²) in [6, 6.07) is 5.69. The van der Waals surface area contributed by atoms with Crippen molar-refractivity contribution in [2.24, 2.45) is 0 Å². The lowest BCUT2D eigenvalue weighted by molar-refractivity contribution is -0.117. The molecular formula is C16H16FN5O2. The van der Waals surface area contributed by atoms with Crippen molar-refractivity contribution in [3.63, 3.8) is 0 Å². The zero-order chi connectivity index (χ0) is 17.1. The number of nitrogens with one attached hydrogen (secondary N) is 1. The number of nitrogens with zero attached hydrogens (tertiary/aromatic N) is 4. The fourth-order valence-corrected chi connectivity index (χ4v) is 2.29. The molecule has 0 unspecified atom stereocenters. The lowest BCUT2D eigenvalue weighted by Gasteiger charge is -2.07. The van der Waals surface area contributed by atoms with E-state index in [9.17, 15) is 14.0 Å². The van der Waals surface area contributed by atoms with Crippen molar-refractivity contribution in [2.45, 2.75) is 26.2 Å². The normalized spacial score (nSPS) is 10.9. The molecule has 0 aliphatic heterocycles. The molecular weight excluding hydrogens is 313 g/mol. The molecule has 0 fully saturated rings. The molecule has 3 rings (SSSR count). The third kappa shape index (κ3) is 3.03. The summed E-state index contributed by atoms with van der Waals surface area (Å²) in [4.78, 5) is 28.4. The molecule has 0 saturated carbocycles. The first kappa shape index (κ1) is 15.9. The van der Waals surface area contributed by atoms with Crippen LogP contribution in [-0.4, -0.2) is 25.3 Å². The molecule has 2 heterocycles. The molecule has 0 aliphatic carbocycles. The minimum atomic E-state index is -0.418. The van der Waals surface area contributed by atoms with Crippen LogP contribution in [0, 0.1) is 5.82 Å². The van der Waals surface area contributed by atoms with Crippen molar-refractivity contribution in [3.8, 4) is 5.69 Å². The Morgan fingerprint density at radius 2 is 2.04 bits per heavy atom. The van der Waals surface area contributed by atoms with Gasteiger partial charge in [0.25, 0.3) is 5.56 Å². The van der Waals surface area contributed by atoms with Crippen molar-refractivity contribution < 1.29 is 9.18 Å². The summed E-state index contributed by atoms with van der Waals surface area (Å²) in [7, 11) is 0. The molecule has 0 radical (unpaired) electrons. The van der Waals surface area contributed by atoms with E-state index in [-0.39, 0.29) is 17.1 Å². The molecule has 0 bridgehead atoms. The summed E-state index contributed by atoms with van der Waals surface area (Å²) >= 11 is 0. The average molecular weight is 329 g/mol. The first-order valence-corrected chi connectivity index (χ1v) is 7.61. The van der Waals surface area contributed by atoms with E-state index in [2.05, 4.69) is 15.5 Å². The fraction of sp³-hybridized carbons (Fsp3) is 0.250. The van der Waals surface area contributed by atoms with Crippen LogP contribution in [0.4, 0.5) is 4.39 Å². The van der Waals surface area contributed by atoms with Crippen LogP contribution in [0.2, 0.25) is 0 Å². The number of rotatable bonds is 5. The van der Waals surface area contributed by atoms with Gasteiger partial charge in [0, 0.05) is 6.42 Å². The highest BCUT2D eigenvalue weighted by Gasteiger charge is 2.12. The second-order valence-corrected chi connectivity index (χ2v) is 5.33. The molecule has 1 amide bonds. The van der Waals surface area contributed by atoms with E-state index in [1.807, 2.05) is 6.92 Å². The Morgan fingerprint density at radius 1 is 1.29 bits per heavy atom. The number of halogens is 1. The van der Waals surface area contributed by atoms with Gasteiger partial charge in [0.15, 0.2) is 5.65 Å². The van der Waals surface area contributed by atoms with Crippen molar-refractivity contribution >= 4 is 16.9 Å². The van der Waals surface area contributed by atoms with Crippen molar-refractivity contribution in [1.82, 2.24) is 19.4 Å². The molecule has 0 saturated heterocycles. The summed E-state index contributed by atoms with van der Waals surface area (Å²) in [6.07, 6.45) is 4.61. The van der Waals surface area contributed by atoms with Gasteiger partial charge in [-0.3, -0.25) is 15.0 Å². The molecule has 1 N–H and O–H groups in total. The van der Waals surface area contributed by atoms with Gasteiger partial charge in [-0.05, 0) is 30.7 Å². The minimum absolute atomic E-state index is 0.244. The number of unbranched alkanes of at least 4 members (excludes halogenated alkanes) is 1. The van der Waals surface area contributed by atoms with Crippen molar-refractivity contribution in [3.05, 3.63) is 53.0 Å². The molecule has 7 nitrogen and oxygen atoms in total. The van der Waals surface area contributed by atoms with Gasteiger partial charge in [-0.1, -0.05) is 13.3 Å². The lowest BCUT2D eigenvalue weighted by atomic mass is 10.2. The lowest BCUT2D eigenvalue weighted by Crippen LogP contribution is -2.33. The summed E-state index contributed by atoms with van der Waals surface area (Å²) in [5.74, 6) is -0.605. The number of carbonyl (C=O) groups excluding carboxylic acids is 1. The third-order valence-electron chi connectivity index (χ3n) is 3.56. The van der Waals surface area contributed by atoms with E-state index < -0.39 is 5.56 Å². The molecule has 8 heteroatoms. The van der Waals surface area contributed by atoms with Gasteiger partial charge in [0.2, 0.25) is 5.91 Å². The maximum atomic E-state index is 13.0. The largest absolute Gasteiger partial charge is 0.283 e. The molecule has 124 valence electrons. The predicted molar refractivity (Wildman–Crippen MR) is 87.0 cm³/mol. The van der Waals surface area contributed by atoms with Gasteiger partial charge < -0.3 is 0 Å². The van der Waals surface area contributed by atoms with E-state index in [0.29, 0.717) is 17.8 Å². The van der Waals surface area contributed by atoms with Crippen LogP contribution in [-0.2, 0) is 4.79 Å². The van der Waals surface area contributed by atoms with Gasteiger partial charge in [0.1, 0.15) is 17.5 Å². The van der Waals surface area contributed by atoms with Crippen LogP contribution < -0.4 is 11.0 Å². The molecule has 0 atom stereocenters. The molecule has 3 aromatic rings. The maximum Gasteiger partial charge on any atom is 0.283 e. The van der Waals surface area contributed by atoms with Crippen LogP contribution in [0.5, 0.6) is 0 Å². The number of benzene rings is 1. The molecule has 24 heavy (non-hydrogen) atoms. The van der Waals surface area contributed by atoms with Gasteiger partial charge in [-0.25, -0.2) is 18.7 Å². The van der Waals surface area contributed by atoms with Gasteiger partial charge in [-0.2, -0.15) is 5.10 Å². The second-order valence-electron chi connectivity index (χ2n) is 5.33. The van der Waals surface area contributed by atoms with Gasteiger partial charge in [-0.15, -0.1) is 0 Å².